The highest BCUT2D eigenvalue weighted by Crippen LogP contribution is 2.41. The summed E-state index contributed by atoms with van der Waals surface area (Å²) >= 11 is 18.0. The largest absolute Gasteiger partial charge is 0.466 e. The van der Waals surface area contributed by atoms with Gasteiger partial charge in [-0.1, -0.05) is 44.7 Å². The molecule has 12 heteroatoms. The molecule has 0 N–H and O–H groups in total. The Morgan fingerprint density at radius 1 is 0.917 bits per heavy atom. The molecule has 1 aliphatic rings. The maximum absolute atomic E-state index is 12.2. The van der Waals surface area contributed by atoms with Crippen molar-refractivity contribution in [3.8, 4) is 0 Å². The van der Waals surface area contributed by atoms with Crippen molar-refractivity contribution >= 4 is 67.0 Å². The van der Waals surface area contributed by atoms with Crippen LogP contribution in [0.25, 0.3) is 0 Å². The average Bonchev–Trinajstić information content (AvgIpc) is 3.35. The van der Waals surface area contributed by atoms with Crippen molar-refractivity contribution in [2.24, 2.45) is 0 Å². The minimum absolute atomic E-state index is 0.135. The van der Waals surface area contributed by atoms with Crippen LogP contribution in [0, 0.1) is 0 Å². The Hall–Kier alpha value is -1.36. The number of unbranched alkanes of at least 4 members (excludes halogenated alkanes) is 1. The Morgan fingerprint density at radius 3 is 1.97 bits per heavy atom. The molecule has 0 aliphatic heterocycles. The lowest BCUT2D eigenvalue weighted by Crippen LogP contribution is -2.35. The van der Waals surface area contributed by atoms with E-state index < -0.39 is 5.41 Å². The standard InChI is InChI=1S/C12H15ClN2O2.C8H9ClN2O2.C4H8Br2/c1-2-17-10(16)12(6-3-4-7-12)9-5-8-14-11(13)15-9;1-2-13-7(12)5-6-3-4-10-8(9)11-6;5-3-1-2-4-6/h5,8H,2-4,6-7H2,1H3;3-4H,2,5H2,1H3;1-4H2. The van der Waals surface area contributed by atoms with Crippen molar-refractivity contribution < 1.29 is 19.1 Å². The summed E-state index contributed by atoms with van der Waals surface area (Å²) in [5.74, 6) is -0.496. The van der Waals surface area contributed by atoms with Gasteiger partial charge in [0.25, 0.3) is 0 Å². The molecule has 0 radical (unpaired) electrons. The van der Waals surface area contributed by atoms with Gasteiger partial charge in [0.1, 0.15) is 5.41 Å². The molecule has 1 aliphatic carbocycles. The fourth-order valence-corrected chi connectivity index (χ4v) is 4.54. The summed E-state index contributed by atoms with van der Waals surface area (Å²) < 4.78 is 9.92. The second-order valence-electron chi connectivity index (χ2n) is 7.60. The Morgan fingerprint density at radius 2 is 1.47 bits per heavy atom. The van der Waals surface area contributed by atoms with Crippen molar-refractivity contribution in [1.82, 2.24) is 19.9 Å². The predicted molar refractivity (Wildman–Crippen MR) is 148 cm³/mol. The normalized spacial score (nSPS) is 13.5. The Balaban J connectivity index is 0.000000302. The van der Waals surface area contributed by atoms with E-state index in [1.165, 1.54) is 19.0 Å². The third kappa shape index (κ3) is 11.8. The van der Waals surface area contributed by atoms with E-state index in [4.69, 9.17) is 32.7 Å². The topological polar surface area (TPSA) is 104 Å². The zero-order valence-electron chi connectivity index (χ0n) is 20.5. The van der Waals surface area contributed by atoms with E-state index in [-0.39, 0.29) is 28.9 Å². The van der Waals surface area contributed by atoms with E-state index in [2.05, 4.69) is 51.8 Å². The fourth-order valence-electron chi connectivity index (χ4n) is 3.43. The van der Waals surface area contributed by atoms with E-state index in [0.717, 1.165) is 36.3 Å². The van der Waals surface area contributed by atoms with Crippen molar-refractivity contribution in [1.29, 1.82) is 0 Å². The second-order valence-corrected chi connectivity index (χ2v) is 9.87. The van der Waals surface area contributed by atoms with Gasteiger partial charge in [0.15, 0.2) is 0 Å². The smallest absolute Gasteiger partial charge is 0.318 e. The van der Waals surface area contributed by atoms with Crippen molar-refractivity contribution in [2.75, 3.05) is 23.9 Å². The van der Waals surface area contributed by atoms with Crippen LogP contribution in [0.4, 0.5) is 0 Å². The van der Waals surface area contributed by atoms with Gasteiger partial charge in [0, 0.05) is 23.1 Å². The zero-order chi connectivity index (χ0) is 26.8. The number of hydrogen-bond acceptors (Lipinski definition) is 8. The van der Waals surface area contributed by atoms with Crippen LogP contribution in [-0.2, 0) is 30.9 Å². The van der Waals surface area contributed by atoms with Crippen LogP contribution in [0.2, 0.25) is 10.6 Å². The molecule has 2 heterocycles. The molecule has 200 valence electrons. The summed E-state index contributed by atoms with van der Waals surface area (Å²) in [4.78, 5) is 38.7. The van der Waals surface area contributed by atoms with E-state index in [1.807, 2.05) is 6.92 Å². The molecule has 8 nitrogen and oxygen atoms in total. The van der Waals surface area contributed by atoms with Crippen LogP contribution < -0.4 is 0 Å². The highest BCUT2D eigenvalue weighted by molar-refractivity contribution is 9.09. The predicted octanol–water partition coefficient (Wildman–Crippen LogP) is 6.30. The quantitative estimate of drug-likeness (QED) is 0.133. The van der Waals surface area contributed by atoms with E-state index in [1.54, 1.807) is 25.3 Å². The number of aromatic nitrogens is 4. The van der Waals surface area contributed by atoms with Gasteiger partial charge < -0.3 is 9.47 Å². The number of carbonyl (C=O) groups excluding carboxylic acids is 2. The lowest BCUT2D eigenvalue weighted by molar-refractivity contribution is -0.150. The Kier molecular flexibility index (Phi) is 17.1. The Labute approximate surface area is 239 Å². The average molecular weight is 671 g/mol. The number of esters is 2. The first-order valence-corrected chi connectivity index (χ1v) is 14.7. The summed E-state index contributed by atoms with van der Waals surface area (Å²) in [6, 6.07) is 3.39. The zero-order valence-corrected chi connectivity index (χ0v) is 25.2. The lowest BCUT2D eigenvalue weighted by atomic mass is 9.82. The van der Waals surface area contributed by atoms with Gasteiger partial charge in [-0.15, -0.1) is 0 Å². The molecule has 0 bridgehead atoms. The van der Waals surface area contributed by atoms with Crippen molar-refractivity contribution in [3.63, 3.8) is 0 Å². The van der Waals surface area contributed by atoms with Gasteiger partial charge in [-0.3, -0.25) is 9.59 Å². The first-order chi connectivity index (χ1) is 17.3. The van der Waals surface area contributed by atoms with Crippen LogP contribution >= 0.6 is 55.1 Å². The lowest BCUT2D eigenvalue weighted by Gasteiger charge is -2.25. The first kappa shape index (κ1) is 32.7. The van der Waals surface area contributed by atoms with Gasteiger partial charge in [-0.2, -0.15) is 0 Å². The highest BCUT2D eigenvalue weighted by atomic mass is 79.9. The maximum Gasteiger partial charge on any atom is 0.318 e. The molecule has 3 rings (SSSR count). The molecule has 0 amide bonds. The molecule has 0 unspecified atom stereocenters. The molecule has 1 fully saturated rings. The van der Waals surface area contributed by atoms with E-state index in [9.17, 15) is 9.59 Å². The minimum Gasteiger partial charge on any atom is -0.466 e. The molecule has 0 saturated heterocycles. The molecular formula is C24H32Br2Cl2N4O4. The number of ether oxygens (including phenoxy) is 2. The number of alkyl halides is 2. The molecule has 1 saturated carbocycles. The summed E-state index contributed by atoms with van der Waals surface area (Å²) in [5, 5.41) is 2.59. The summed E-state index contributed by atoms with van der Waals surface area (Å²) in [6.45, 7) is 4.33. The van der Waals surface area contributed by atoms with Crippen molar-refractivity contribution in [2.45, 2.75) is 64.2 Å². The summed E-state index contributed by atoms with van der Waals surface area (Å²) in [7, 11) is 0. The molecule has 0 aromatic carbocycles. The van der Waals surface area contributed by atoms with E-state index in [0.29, 0.717) is 24.6 Å². The van der Waals surface area contributed by atoms with Gasteiger partial charge in [-0.25, -0.2) is 19.9 Å². The minimum atomic E-state index is -0.609. The summed E-state index contributed by atoms with van der Waals surface area (Å²) in [6.07, 6.45) is 9.37. The highest BCUT2D eigenvalue weighted by Gasteiger charge is 2.45. The molecule has 0 atom stereocenters. The fraction of sp³-hybridized carbons (Fsp3) is 0.583. The second kappa shape index (κ2) is 18.8. The molecule has 0 spiro atoms. The van der Waals surface area contributed by atoms with Crippen LogP contribution in [0.5, 0.6) is 0 Å². The molecule has 2 aromatic heterocycles. The number of carbonyl (C=O) groups is 2. The van der Waals surface area contributed by atoms with Crippen LogP contribution in [0.3, 0.4) is 0 Å². The first-order valence-electron chi connectivity index (χ1n) is 11.7. The summed E-state index contributed by atoms with van der Waals surface area (Å²) in [5.41, 5.74) is 0.648. The Bertz CT molecular complexity index is 930. The van der Waals surface area contributed by atoms with Gasteiger partial charge in [-0.05, 0) is 74.9 Å². The third-order valence-electron chi connectivity index (χ3n) is 5.07. The van der Waals surface area contributed by atoms with Gasteiger partial charge in [0.2, 0.25) is 10.6 Å². The monoisotopic (exact) mass is 668 g/mol. The van der Waals surface area contributed by atoms with Crippen LogP contribution in [0.1, 0.15) is 63.8 Å². The van der Waals surface area contributed by atoms with Crippen LogP contribution in [0.15, 0.2) is 24.5 Å². The third-order valence-corrected chi connectivity index (χ3v) is 6.56. The molecule has 36 heavy (non-hydrogen) atoms. The molecule has 2 aromatic rings. The van der Waals surface area contributed by atoms with Crippen LogP contribution in [-0.4, -0.2) is 55.7 Å². The maximum atomic E-state index is 12.2. The van der Waals surface area contributed by atoms with Crippen molar-refractivity contribution in [3.05, 3.63) is 46.5 Å². The van der Waals surface area contributed by atoms with Gasteiger partial charge in [0.05, 0.1) is 31.0 Å². The van der Waals surface area contributed by atoms with E-state index >= 15 is 0 Å². The number of halogens is 4. The number of hydrogen-bond donors (Lipinski definition) is 0. The molecular weight excluding hydrogens is 639 g/mol. The number of rotatable bonds is 9. The number of nitrogens with zero attached hydrogens (tertiary/aromatic N) is 4. The van der Waals surface area contributed by atoms with Gasteiger partial charge >= 0.3 is 11.9 Å². The SMILES string of the molecule is BrCCCCBr.CCOC(=O)C1(c2ccnc(Cl)n2)CCCC1.CCOC(=O)Cc1ccnc(Cl)n1.